The van der Waals surface area contributed by atoms with Crippen molar-refractivity contribution in [1.82, 2.24) is 4.90 Å². The van der Waals surface area contributed by atoms with Gasteiger partial charge < -0.3 is 10.9 Å². The fourth-order valence-corrected chi connectivity index (χ4v) is 1.69. The third kappa shape index (κ3) is 4.48. The lowest BCUT2D eigenvalue weighted by atomic mass is 10.1. The average Bonchev–Trinajstić information content (AvgIpc) is 2.38. The van der Waals surface area contributed by atoms with Gasteiger partial charge in [0.05, 0.1) is 13.1 Å². The van der Waals surface area contributed by atoms with Crippen molar-refractivity contribution in [2.24, 2.45) is 10.9 Å². The molecular weight excluding hydrogens is 252 g/mol. The van der Waals surface area contributed by atoms with Crippen LogP contribution in [0, 0.1) is 0 Å². The molecular formula is C13H19F2N3O. The van der Waals surface area contributed by atoms with Crippen LogP contribution in [-0.4, -0.2) is 35.1 Å². The second-order valence-corrected chi connectivity index (χ2v) is 4.66. The highest BCUT2D eigenvalue weighted by atomic mass is 19.3. The summed E-state index contributed by atoms with van der Waals surface area (Å²) in [6, 6.07) is 7.48. The SMILES string of the molecule is CC(C)N(C/C(N)=N/O)CC(F)(F)c1ccccc1. The van der Waals surface area contributed by atoms with Gasteiger partial charge in [0.25, 0.3) is 5.92 Å². The highest BCUT2D eigenvalue weighted by Crippen LogP contribution is 2.29. The lowest BCUT2D eigenvalue weighted by molar-refractivity contribution is -0.0412. The molecule has 0 atom stereocenters. The van der Waals surface area contributed by atoms with Crippen molar-refractivity contribution in [3.63, 3.8) is 0 Å². The Morgan fingerprint density at radius 1 is 1.37 bits per heavy atom. The maximum atomic E-state index is 14.1. The summed E-state index contributed by atoms with van der Waals surface area (Å²) in [7, 11) is 0. The molecule has 0 saturated heterocycles. The van der Waals surface area contributed by atoms with Crippen molar-refractivity contribution in [2.45, 2.75) is 25.8 Å². The van der Waals surface area contributed by atoms with Gasteiger partial charge in [-0.1, -0.05) is 35.5 Å². The molecule has 0 fully saturated rings. The third-order valence-electron chi connectivity index (χ3n) is 2.82. The number of hydrogen-bond acceptors (Lipinski definition) is 3. The second kappa shape index (κ2) is 6.47. The highest BCUT2D eigenvalue weighted by Gasteiger charge is 2.34. The summed E-state index contributed by atoms with van der Waals surface area (Å²) in [4.78, 5) is 1.46. The minimum Gasteiger partial charge on any atom is -0.409 e. The molecule has 0 unspecified atom stereocenters. The van der Waals surface area contributed by atoms with Crippen LogP contribution in [0.1, 0.15) is 19.4 Å². The Hall–Kier alpha value is -1.69. The van der Waals surface area contributed by atoms with Crippen LogP contribution < -0.4 is 5.73 Å². The highest BCUT2D eigenvalue weighted by molar-refractivity contribution is 5.81. The van der Waals surface area contributed by atoms with Crippen molar-refractivity contribution < 1.29 is 14.0 Å². The average molecular weight is 271 g/mol. The van der Waals surface area contributed by atoms with Crippen LogP contribution in [0.15, 0.2) is 35.5 Å². The van der Waals surface area contributed by atoms with Crippen molar-refractivity contribution in [1.29, 1.82) is 0 Å². The summed E-state index contributed by atoms with van der Waals surface area (Å²) < 4.78 is 28.3. The number of oxime groups is 1. The number of amidine groups is 1. The number of hydrogen-bond donors (Lipinski definition) is 2. The van der Waals surface area contributed by atoms with E-state index < -0.39 is 12.5 Å². The van der Waals surface area contributed by atoms with Gasteiger partial charge in [-0.3, -0.25) is 4.90 Å². The van der Waals surface area contributed by atoms with E-state index in [1.807, 2.05) is 0 Å². The molecule has 0 bridgehead atoms. The van der Waals surface area contributed by atoms with Gasteiger partial charge in [-0.2, -0.15) is 8.78 Å². The van der Waals surface area contributed by atoms with Gasteiger partial charge in [0.2, 0.25) is 0 Å². The lowest BCUT2D eigenvalue weighted by Crippen LogP contribution is -2.44. The second-order valence-electron chi connectivity index (χ2n) is 4.66. The summed E-state index contributed by atoms with van der Waals surface area (Å²) in [6.45, 7) is 3.08. The molecule has 0 saturated carbocycles. The molecule has 0 radical (unpaired) electrons. The lowest BCUT2D eigenvalue weighted by Gasteiger charge is -2.30. The van der Waals surface area contributed by atoms with Gasteiger partial charge >= 0.3 is 0 Å². The first-order valence-electron chi connectivity index (χ1n) is 6.00. The summed E-state index contributed by atoms with van der Waals surface area (Å²) in [5.74, 6) is -3.07. The van der Waals surface area contributed by atoms with Crippen molar-refractivity contribution in [2.75, 3.05) is 13.1 Å². The van der Waals surface area contributed by atoms with Crippen LogP contribution in [0.4, 0.5) is 8.78 Å². The first-order chi connectivity index (χ1) is 8.86. The van der Waals surface area contributed by atoms with Crippen LogP contribution in [0.3, 0.4) is 0 Å². The zero-order chi connectivity index (χ0) is 14.5. The molecule has 0 aliphatic rings. The van der Waals surface area contributed by atoms with E-state index in [1.165, 1.54) is 17.0 Å². The molecule has 0 spiro atoms. The Labute approximate surface area is 111 Å². The third-order valence-corrected chi connectivity index (χ3v) is 2.82. The maximum Gasteiger partial charge on any atom is 0.285 e. The molecule has 0 aromatic heterocycles. The van der Waals surface area contributed by atoms with E-state index in [2.05, 4.69) is 5.16 Å². The first-order valence-corrected chi connectivity index (χ1v) is 6.00. The van der Waals surface area contributed by atoms with Crippen LogP contribution in [0.5, 0.6) is 0 Å². The van der Waals surface area contributed by atoms with E-state index in [0.29, 0.717) is 0 Å². The Kier molecular flexibility index (Phi) is 5.23. The normalized spacial score (nSPS) is 13.3. The number of halogens is 2. The number of rotatable bonds is 6. The summed E-state index contributed by atoms with van der Waals surface area (Å²) >= 11 is 0. The van der Waals surface area contributed by atoms with Gasteiger partial charge in [-0.15, -0.1) is 0 Å². The molecule has 19 heavy (non-hydrogen) atoms. The smallest absolute Gasteiger partial charge is 0.285 e. The summed E-state index contributed by atoms with van der Waals surface area (Å²) in [5, 5.41) is 11.4. The minimum absolute atomic E-state index is 0.00338. The van der Waals surface area contributed by atoms with E-state index in [1.54, 1.807) is 32.0 Å². The largest absolute Gasteiger partial charge is 0.409 e. The summed E-state index contributed by atoms with van der Waals surface area (Å²) in [6.07, 6.45) is 0. The van der Waals surface area contributed by atoms with Crippen LogP contribution in [-0.2, 0) is 5.92 Å². The van der Waals surface area contributed by atoms with Crippen molar-refractivity contribution in [3.8, 4) is 0 Å². The molecule has 0 aliphatic heterocycles. The first kappa shape index (κ1) is 15.4. The van der Waals surface area contributed by atoms with Crippen molar-refractivity contribution in [3.05, 3.63) is 35.9 Å². The molecule has 0 heterocycles. The molecule has 1 aromatic rings. The van der Waals surface area contributed by atoms with Crippen LogP contribution in [0.2, 0.25) is 0 Å². The standard InChI is InChI=1S/C13H19F2N3O/c1-10(2)18(8-12(16)17-19)9-13(14,15)11-6-4-3-5-7-11/h3-7,10,19H,8-9H2,1-2H3,(H2,16,17). The number of nitrogens with two attached hydrogens (primary N) is 1. The molecule has 1 rings (SSSR count). The zero-order valence-corrected chi connectivity index (χ0v) is 11.1. The van der Waals surface area contributed by atoms with Crippen LogP contribution >= 0.6 is 0 Å². The van der Waals surface area contributed by atoms with E-state index in [0.717, 1.165) is 0 Å². The molecule has 6 heteroatoms. The van der Waals surface area contributed by atoms with Gasteiger partial charge in [0.15, 0.2) is 5.84 Å². The minimum atomic E-state index is -2.98. The van der Waals surface area contributed by atoms with E-state index in [4.69, 9.17) is 10.9 Å². The number of nitrogens with zero attached hydrogens (tertiary/aromatic N) is 2. The molecule has 3 N–H and O–H groups in total. The summed E-state index contributed by atoms with van der Waals surface area (Å²) in [5.41, 5.74) is 5.34. The fraction of sp³-hybridized carbons (Fsp3) is 0.462. The van der Waals surface area contributed by atoms with Gasteiger partial charge in [-0.25, -0.2) is 0 Å². The Morgan fingerprint density at radius 3 is 2.42 bits per heavy atom. The quantitative estimate of drug-likeness (QED) is 0.361. The predicted octanol–water partition coefficient (Wildman–Crippen LogP) is 2.24. The maximum absolute atomic E-state index is 14.1. The van der Waals surface area contributed by atoms with Gasteiger partial charge in [-0.05, 0) is 13.8 Å². The van der Waals surface area contributed by atoms with E-state index in [9.17, 15) is 8.78 Å². The van der Waals surface area contributed by atoms with Gasteiger partial charge in [0, 0.05) is 11.6 Å². The molecule has 106 valence electrons. The predicted molar refractivity (Wildman–Crippen MR) is 70.5 cm³/mol. The molecule has 1 aromatic carbocycles. The zero-order valence-electron chi connectivity index (χ0n) is 11.1. The number of benzene rings is 1. The number of alkyl halides is 2. The topological polar surface area (TPSA) is 61.8 Å². The van der Waals surface area contributed by atoms with Gasteiger partial charge in [0.1, 0.15) is 0 Å². The van der Waals surface area contributed by atoms with Crippen molar-refractivity contribution >= 4 is 5.84 Å². The van der Waals surface area contributed by atoms with E-state index >= 15 is 0 Å². The van der Waals surface area contributed by atoms with E-state index in [-0.39, 0.29) is 24.0 Å². The Balaban J connectivity index is 2.84. The van der Waals surface area contributed by atoms with Crippen LogP contribution in [0.25, 0.3) is 0 Å². The fourth-order valence-electron chi connectivity index (χ4n) is 1.69. The molecule has 0 amide bonds. The Morgan fingerprint density at radius 2 is 1.95 bits per heavy atom. The monoisotopic (exact) mass is 271 g/mol. The molecule has 4 nitrogen and oxygen atoms in total. The Bertz CT molecular complexity index is 421. The molecule has 0 aliphatic carbocycles.